The lowest BCUT2D eigenvalue weighted by molar-refractivity contribution is 0.241. The molecule has 0 aliphatic rings. The van der Waals surface area contributed by atoms with Gasteiger partial charge in [-0.25, -0.2) is 9.50 Å². The Labute approximate surface area is 90.3 Å². The predicted molar refractivity (Wildman–Crippen MR) is 55.7 cm³/mol. The first-order valence-corrected chi connectivity index (χ1v) is 5.03. The summed E-state index contributed by atoms with van der Waals surface area (Å²) in [5, 5.41) is 3.89. The van der Waals surface area contributed by atoms with Crippen LogP contribution < -0.4 is 0 Å². The maximum atomic E-state index is 11.4. The predicted octanol–water partition coefficient (Wildman–Crippen LogP) is 0.898. The lowest BCUT2D eigenvalue weighted by atomic mass is 10.7. The van der Waals surface area contributed by atoms with Crippen molar-refractivity contribution in [2.75, 3.05) is 14.1 Å². The summed E-state index contributed by atoms with van der Waals surface area (Å²) in [5.41, 5.74) is 0. The van der Waals surface area contributed by atoms with Crippen LogP contribution in [0.25, 0.3) is 5.78 Å². The smallest absolute Gasteiger partial charge is 0.286 e. The van der Waals surface area contributed by atoms with Crippen LogP contribution in [0.15, 0.2) is 23.6 Å². The standard InChI is InChI=1S/C8H9N5OS/c1-12(2)8(14)15-6-3-9-7-10-5-11-13(7)4-6/h3-5H,1-2H3. The van der Waals surface area contributed by atoms with E-state index < -0.39 is 0 Å². The normalized spacial score (nSPS) is 10.5. The third kappa shape index (κ3) is 2.07. The van der Waals surface area contributed by atoms with Crippen molar-refractivity contribution >= 4 is 22.8 Å². The van der Waals surface area contributed by atoms with Gasteiger partial charge in [-0.1, -0.05) is 0 Å². The van der Waals surface area contributed by atoms with Gasteiger partial charge in [0.2, 0.25) is 0 Å². The molecule has 0 saturated heterocycles. The highest BCUT2D eigenvalue weighted by Crippen LogP contribution is 2.18. The number of aromatic nitrogens is 4. The molecule has 2 rings (SSSR count). The number of nitrogens with zero attached hydrogens (tertiary/aromatic N) is 5. The summed E-state index contributed by atoms with van der Waals surface area (Å²) >= 11 is 1.11. The van der Waals surface area contributed by atoms with Crippen molar-refractivity contribution < 1.29 is 4.79 Å². The molecule has 6 nitrogen and oxygen atoms in total. The Kier molecular flexibility index (Phi) is 2.55. The molecule has 0 spiro atoms. The molecule has 2 heterocycles. The minimum absolute atomic E-state index is 0.0451. The second kappa shape index (κ2) is 3.85. The van der Waals surface area contributed by atoms with E-state index in [1.165, 1.54) is 15.7 Å². The molecule has 0 N–H and O–H groups in total. The molecule has 0 fully saturated rings. The monoisotopic (exact) mass is 223 g/mol. The Balaban J connectivity index is 2.25. The molecule has 0 saturated carbocycles. The Morgan fingerprint density at radius 1 is 1.47 bits per heavy atom. The van der Waals surface area contributed by atoms with Crippen LogP contribution in [0.3, 0.4) is 0 Å². The van der Waals surface area contributed by atoms with Crippen molar-refractivity contribution in [3.8, 4) is 0 Å². The first-order chi connectivity index (χ1) is 7.16. The van der Waals surface area contributed by atoms with E-state index in [0.717, 1.165) is 16.7 Å². The van der Waals surface area contributed by atoms with Crippen molar-refractivity contribution in [1.29, 1.82) is 0 Å². The summed E-state index contributed by atoms with van der Waals surface area (Å²) < 4.78 is 1.53. The van der Waals surface area contributed by atoms with Gasteiger partial charge < -0.3 is 4.90 Å². The minimum Gasteiger partial charge on any atom is -0.339 e. The zero-order chi connectivity index (χ0) is 10.8. The topological polar surface area (TPSA) is 63.4 Å². The zero-order valence-electron chi connectivity index (χ0n) is 8.28. The van der Waals surface area contributed by atoms with Crippen LogP contribution in [0, 0.1) is 0 Å². The number of amides is 1. The van der Waals surface area contributed by atoms with Gasteiger partial charge in [-0.05, 0) is 11.8 Å². The van der Waals surface area contributed by atoms with Crippen molar-refractivity contribution in [2.24, 2.45) is 0 Å². The highest BCUT2D eigenvalue weighted by Gasteiger charge is 2.08. The highest BCUT2D eigenvalue weighted by molar-refractivity contribution is 8.13. The number of rotatable bonds is 1. The van der Waals surface area contributed by atoms with Crippen molar-refractivity contribution in [3.05, 3.63) is 18.7 Å². The molecule has 2 aromatic rings. The van der Waals surface area contributed by atoms with Crippen molar-refractivity contribution in [2.45, 2.75) is 4.90 Å². The number of carbonyl (C=O) groups excluding carboxylic acids is 1. The van der Waals surface area contributed by atoms with E-state index in [2.05, 4.69) is 15.1 Å². The molecular weight excluding hydrogens is 214 g/mol. The van der Waals surface area contributed by atoms with Gasteiger partial charge in [-0.15, -0.1) is 0 Å². The largest absolute Gasteiger partial charge is 0.339 e. The van der Waals surface area contributed by atoms with E-state index in [0.29, 0.717) is 5.78 Å². The average Bonchev–Trinajstić information content (AvgIpc) is 2.64. The zero-order valence-corrected chi connectivity index (χ0v) is 9.10. The summed E-state index contributed by atoms with van der Waals surface area (Å²) in [4.78, 5) is 21.6. The lowest BCUT2D eigenvalue weighted by Gasteiger charge is -2.08. The fourth-order valence-corrected chi connectivity index (χ4v) is 1.59. The maximum Gasteiger partial charge on any atom is 0.286 e. The van der Waals surface area contributed by atoms with Crippen LogP contribution in [0.4, 0.5) is 4.79 Å². The van der Waals surface area contributed by atoms with Crippen LogP contribution >= 0.6 is 11.8 Å². The molecule has 15 heavy (non-hydrogen) atoms. The van der Waals surface area contributed by atoms with Crippen LogP contribution in [0.2, 0.25) is 0 Å². The number of carbonyl (C=O) groups is 1. The van der Waals surface area contributed by atoms with E-state index in [9.17, 15) is 4.79 Å². The van der Waals surface area contributed by atoms with Gasteiger partial charge in [0.25, 0.3) is 11.0 Å². The lowest BCUT2D eigenvalue weighted by Crippen LogP contribution is -2.16. The van der Waals surface area contributed by atoms with Gasteiger partial charge in [-0.2, -0.15) is 10.1 Å². The van der Waals surface area contributed by atoms with Crippen LogP contribution in [0.1, 0.15) is 0 Å². The van der Waals surface area contributed by atoms with Crippen LogP contribution in [-0.2, 0) is 0 Å². The summed E-state index contributed by atoms with van der Waals surface area (Å²) in [6.07, 6.45) is 4.75. The molecule has 0 aliphatic carbocycles. The third-order valence-electron chi connectivity index (χ3n) is 1.68. The Bertz CT molecular complexity index is 494. The molecule has 7 heteroatoms. The third-order valence-corrected chi connectivity index (χ3v) is 2.67. The summed E-state index contributed by atoms with van der Waals surface area (Å²) in [6.45, 7) is 0. The van der Waals surface area contributed by atoms with Gasteiger partial charge in [0.05, 0.1) is 4.90 Å². The summed E-state index contributed by atoms with van der Waals surface area (Å²) in [5.74, 6) is 0.525. The Morgan fingerprint density at radius 2 is 2.27 bits per heavy atom. The SMILES string of the molecule is CN(C)C(=O)Sc1cnc2ncnn2c1. The molecule has 78 valence electrons. The first kappa shape index (κ1) is 9.91. The number of thioether (sulfide) groups is 1. The van der Waals surface area contributed by atoms with Crippen molar-refractivity contribution in [1.82, 2.24) is 24.5 Å². The summed E-state index contributed by atoms with van der Waals surface area (Å²) in [7, 11) is 3.41. The van der Waals surface area contributed by atoms with Gasteiger partial charge in [0.15, 0.2) is 0 Å². The fraction of sp³-hybridized carbons (Fsp3) is 0.250. The van der Waals surface area contributed by atoms with Crippen LogP contribution in [-0.4, -0.2) is 43.8 Å². The molecule has 0 bridgehead atoms. The highest BCUT2D eigenvalue weighted by atomic mass is 32.2. The fourth-order valence-electron chi connectivity index (χ4n) is 0.947. The van der Waals surface area contributed by atoms with Gasteiger partial charge in [0, 0.05) is 26.5 Å². The Hall–Kier alpha value is -1.63. The Morgan fingerprint density at radius 3 is 3.00 bits per heavy atom. The molecule has 0 unspecified atom stereocenters. The van der Waals surface area contributed by atoms with E-state index in [4.69, 9.17) is 0 Å². The van der Waals surface area contributed by atoms with E-state index in [1.54, 1.807) is 26.5 Å². The second-order valence-electron chi connectivity index (χ2n) is 3.06. The molecule has 0 aromatic carbocycles. The number of fused-ring (bicyclic) bond motifs is 1. The first-order valence-electron chi connectivity index (χ1n) is 4.21. The summed E-state index contributed by atoms with van der Waals surface area (Å²) in [6, 6.07) is 0. The molecular formula is C8H9N5OS. The van der Waals surface area contributed by atoms with Gasteiger partial charge in [0.1, 0.15) is 6.33 Å². The molecule has 0 radical (unpaired) electrons. The molecule has 2 aromatic heterocycles. The average molecular weight is 223 g/mol. The number of hydrogen-bond donors (Lipinski definition) is 0. The van der Waals surface area contributed by atoms with E-state index >= 15 is 0 Å². The van der Waals surface area contributed by atoms with E-state index in [1.807, 2.05) is 0 Å². The minimum atomic E-state index is -0.0451. The number of hydrogen-bond acceptors (Lipinski definition) is 5. The van der Waals surface area contributed by atoms with Crippen LogP contribution in [0.5, 0.6) is 0 Å². The van der Waals surface area contributed by atoms with Crippen molar-refractivity contribution in [3.63, 3.8) is 0 Å². The van der Waals surface area contributed by atoms with Gasteiger partial charge in [-0.3, -0.25) is 4.79 Å². The van der Waals surface area contributed by atoms with E-state index in [-0.39, 0.29) is 5.24 Å². The molecule has 0 atom stereocenters. The molecule has 1 amide bonds. The second-order valence-corrected chi connectivity index (χ2v) is 4.08. The quantitative estimate of drug-likeness (QED) is 0.672. The maximum absolute atomic E-state index is 11.4. The van der Waals surface area contributed by atoms with Gasteiger partial charge >= 0.3 is 0 Å². The molecule has 0 aliphatic heterocycles.